The van der Waals surface area contributed by atoms with E-state index in [1.165, 1.54) is 38.9 Å². The van der Waals surface area contributed by atoms with Gasteiger partial charge in [0.25, 0.3) is 0 Å². The molecular weight excluding hydrogens is 1040 g/mol. The molecule has 7 aromatic carbocycles. The molecule has 2 aromatic heterocycles. The van der Waals surface area contributed by atoms with Crippen LogP contribution < -0.4 is 14.5 Å². The number of rotatable bonds is 10. The van der Waals surface area contributed by atoms with Gasteiger partial charge in [-0.25, -0.2) is 4.98 Å². The Hall–Kier alpha value is -6.68. The van der Waals surface area contributed by atoms with Gasteiger partial charge in [-0.15, -0.1) is 53.6 Å². The summed E-state index contributed by atoms with van der Waals surface area (Å²) in [6, 6.07) is 66.2. The van der Waals surface area contributed by atoms with E-state index in [0.717, 1.165) is 44.6 Å². The van der Waals surface area contributed by atoms with E-state index in [1.807, 2.05) is 12.3 Å². The van der Waals surface area contributed by atoms with E-state index in [0.29, 0.717) is 11.5 Å². The first kappa shape index (κ1) is 48.3. The average Bonchev–Trinajstić information content (AvgIpc) is 3.98. The molecule has 0 unspecified atom stereocenters. The van der Waals surface area contributed by atoms with Crippen LogP contribution >= 0.6 is 0 Å². The molecule has 0 saturated carbocycles. The van der Waals surface area contributed by atoms with Gasteiger partial charge >= 0.3 is 0 Å². The Balaban J connectivity index is 0.00000608. The minimum absolute atomic E-state index is 0. The molecular formula is C64H61N4OPt-3. The number of aromatic nitrogens is 2. The van der Waals surface area contributed by atoms with Crippen molar-refractivity contribution in [2.24, 2.45) is 0 Å². The summed E-state index contributed by atoms with van der Waals surface area (Å²) in [5.41, 5.74) is 13.0. The number of ether oxygens (including phenoxy) is 1. The normalized spacial score (nSPS) is 13.3. The average molecular weight is 1100 g/mol. The van der Waals surface area contributed by atoms with E-state index in [4.69, 9.17) is 9.72 Å². The van der Waals surface area contributed by atoms with Crippen molar-refractivity contribution in [3.8, 4) is 28.4 Å². The first-order chi connectivity index (χ1) is 32.9. The third kappa shape index (κ3) is 9.37. The number of fused-ring (bicyclic) bond motifs is 3. The molecule has 1 aliphatic rings. The van der Waals surface area contributed by atoms with E-state index in [-0.39, 0.29) is 42.7 Å². The second-order valence-corrected chi connectivity index (χ2v) is 21.6. The van der Waals surface area contributed by atoms with Crippen LogP contribution in [0.2, 0.25) is 0 Å². The van der Waals surface area contributed by atoms with Crippen LogP contribution in [0.3, 0.4) is 0 Å². The van der Waals surface area contributed by atoms with Gasteiger partial charge in [-0.2, -0.15) is 6.07 Å². The molecule has 0 fully saturated rings. The van der Waals surface area contributed by atoms with Crippen LogP contribution in [0.5, 0.6) is 11.5 Å². The number of pyridine rings is 1. The van der Waals surface area contributed by atoms with Crippen molar-refractivity contribution in [2.45, 2.75) is 90.9 Å². The summed E-state index contributed by atoms with van der Waals surface area (Å²) in [5, 5.41) is 2.23. The van der Waals surface area contributed by atoms with Gasteiger partial charge in [0.05, 0.1) is 0 Å². The molecule has 6 heteroatoms. The van der Waals surface area contributed by atoms with Crippen molar-refractivity contribution in [3.05, 3.63) is 235 Å². The number of nitrogens with zero attached hydrogens (tertiary/aromatic N) is 4. The van der Waals surface area contributed by atoms with Gasteiger partial charge in [0, 0.05) is 60.8 Å². The maximum atomic E-state index is 6.87. The molecule has 0 aliphatic carbocycles. The Bertz CT molecular complexity index is 3360. The van der Waals surface area contributed by atoms with E-state index >= 15 is 0 Å². The molecule has 0 amide bonds. The molecule has 356 valence electrons. The molecule has 0 saturated heterocycles. The minimum atomic E-state index is -0.228. The largest absolute Gasteiger partial charge is 0.509 e. The molecule has 70 heavy (non-hydrogen) atoms. The van der Waals surface area contributed by atoms with Gasteiger partial charge in [-0.1, -0.05) is 184 Å². The fourth-order valence-electron chi connectivity index (χ4n) is 9.50. The summed E-state index contributed by atoms with van der Waals surface area (Å²) in [5.74, 6) is 2.07. The predicted octanol–water partition coefficient (Wildman–Crippen LogP) is 16.4. The van der Waals surface area contributed by atoms with Crippen molar-refractivity contribution in [3.63, 3.8) is 0 Å². The number of hydrogen-bond acceptors (Lipinski definition) is 4. The van der Waals surface area contributed by atoms with Gasteiger partial charge in [0.1, 0.15) is 5.82 Å². The number of hydrogen-bond donors (Lipinski definition) is 0. The topological polar surface area (TPSA) is 33.5 Å². The smallest absolute Gasteiger partial charge is 0.135 e. The van der Waals surface area contributed by atoms with Crippen molar-refractivity contribution < 1.29 is 25.8 Å². The van der Waals surface area contributed by atoms with Crippen molar-refractivity contribution in [2.75, 3.05) is 9.80 Å². The maximum Gasteiger partial charge on any atom is 0.135 e. The summed E-state index contributed by atoms with van der Waals surface area (Å²) in [7, 11) is 0. The first-order valence-corrected chi connectivity index (χ1v) is 24.1. The van der Waals surface area contributed by atoms with E-state index < -0.39 is 0 Å². The Labute approximate surface area is 429 Å². The van der Waals surface area contributed by atoms with Gasteiger partial charge in [-0.3, -0.25) is 0 Å². The van der Waals surface area contributed by atoms with Crippen LogP contribution in [-0.2, 0) is 42.7 Å². The number of benzene rings is 7. The predicted molar refractivity (Wildman–Crippen MR) is 288 cm³/mol. The Morgan fingerprint density at radius 1 is 0.471 bits per heavy atom. The summed E-state index contributed by atoms with van der Waals surface area (Å²) in [6.07, 6.45) is 6.14. The van der Waals surface area contributed by atoms with Crippen LogP contribution in [0.15, 0.2) is 182 Å². The molecule has 10 rings (SSSR count). The quantitative estimate of drug-likeness (QED) is 0.128. The molecule has 1 aliphatic heterocycles. The molecule has 0 radical (unpaired) electrons. The monoisotopic (exact) mass is 1100 g/mol. The zero-order chi connectivity index (χ0) is 48.3. The van der Waals surface area contributed by atoms with Gasteiger partial charge in [-0.05, 0) is 97.9 Å². The summed E-state index contributed by atoms with van der Waals surface area (Å²) < 4.78 is 9.11. The maximum absolute atomic E-state index is 6.87. The first-order valence-electron chi connectivity index (χ1n) is 24.1. The van der Waals surface area contributed by atoms with E-state index in [1.54, 1.807) is 0 Å². The standard InChI is InChI=1S/C64H61N4O.Pt/c1-61(2,3)48-30-31-65-60(40-48)68-58-29-26-49(63(7,8)46-22-16-12-17-23-46)39-57(58)56-28-27-54(42-59(56)68)69-55-38-50(62(4,5)6)36-53(41-55)67-33-32-66(43-67)52-35-45(44-20-14-11-15-21-44)34-51(37-52)64(9,10)47-24-18-13-19-25-47;/h11-40,43H,1-10H3;/q-3;. The van der Waals surface area contributed by atoms with Crippen molar-refractivity contribution >= 4 is 33.2 Å². The summed E-state index contributed by atoms with van der Waals surface area (Å²) >= 11 is 0. The summed E-state index contributed by atoms with van der Waals surface area (Å²) in [6.45, 7) is 24.8. The zero-order valence-electron chi connectivity index (χ0n) is 41.9. The third-order valence-corrected chi connectivity index (χ3v) is 14.1. The number of anilines is 2. The van der Waals surface area contributed by atoms with Gasteiger partial charge in [0.15, 0.2) is 0 Å². The van der Waals surface area contributed by atoms with Crippen molar-refractivity contribution in [1.29, 1.82) is 0 Å². The summed E-state index contributed by atoms with van der Waals surface area (Å²) in [4.78, 5) is 9.31. The van der Waals surface area contributed by atoms with Crippen LogP contribution in [0.4, 0.5) is 11.4 Å². The Kier molecular flexibility index (Phi) is 12.8. The fourth-order valence-corrected chi connectivity index (χ4v) is 9.50. The molecule has 0 bridgehead atoms. The SMILES string of the molecule is CC(C)(C)c1cc(Oc2[c-]c3c(cc2)c2cc(C(C)(C)c4ccccc4)ccc2n3-c2cc(C(C)(C)C)ccn2)[c-]c(N2C=CN(c3cc(-c4ccccc4)cc(C(C)(C)c4ccccc4)c3)[CH-]2)c1.[Pt]. The van der Waals surface area contributed by atoms with Crippen LogP contribution in [-0.4, -0.2) is 9.55 Å². The second kappa shape index (κ2) is 18.6. The molecule has 0 atom stereocenters. The minimum Gasteiger partial charge on any atom is -0.509 e. The Morgan fingerprint density at radius 2 is 1.10 bits per heavy atom. The molecule has 9 aromatic rings. The molecule has 0 N–H and O–H groups in total. The molecule has 3 heterocycles. The van der Waals surface area contributed by atoms with Crippen LogP contribution in [0, 0.1) is 18.8 Å². The van der Waals surface area contributed by atoms with Crippen molar-refractivity contribution in [1.82, 2.24) is 9.55 Å². The third-order valence-electron chi connectivity index (χ3n) is 14.1. The fraction of sp³-hybridized carbons (Fsp3) is 0.219. The second-order valence-electron chi connectivity index (χ2n) is 21.6. The van der Waals surface area contributed by atoms with Crippen LogP contribution in [0.25, 0.3) is 38.8 Å². The van der Waals surface area contributed by atoms with E-state index in [2.05, 4.69) is 273 Å². The van der Waals surface area contributed by atoms with E-state index in [9.17, 15) is 0 Å². The van der Waals surface area contributed by atoms with Gasteiger partial charge < -0.3 is 19.1 Å². The Morgan fingerprint density at radius 3 is 1.76 bits per heavy atom. The molecule has 0 spiro atoms. The molecule has 5 nitrogen and oxygen atoms in total. The zero-order valence-corrected chi connectivity index (χ0v) is 44.2. The van der Waals surface area contributed by atoms with Crippen LogP contribution in [0.1, 0.15) is 103 Å². The van der Waals surface area contributed by atoms with Gasteiger partial charge in [0.2, 0.25) is 0 Å².